The van der Waals surface area contributed by atoms with Crippen LogP contribution in [0.5, 0.6) is 0 Å². The van der Waals surface area contributed by atoms with E-state index in [0.29, 0.717) is 24.0 Å². The smallest absolute Gasteiger partial charge is 0.339 e. The van der Waals surface area contributed by atoms with Crippen LogP contribution in [0.15, 0.2) is 34.6 Å². The summed E-state index contributed by atoms with van der Waals surface area (Å²) in [4.78, 5) is 22.1. The van der Waals surface area contributed by atoms with Crippen molar-refractivity contribution >= 4 is 23.3 Å². The van der Waals surface area contributed by atoms with Crippen molar-refractivity contribution < 1.29 is 9.53 Å². The molecule has 0 radical (unpaired) electrons. The first-order chi connectivity index (χ1) is 12.2. The number of aliphatic imine (C=N–C) groups is 1. The maximum absolute atomic E-state index is 11.8. The second-order valence-corrected chi connectivity index (χ2v) is 6.99. The number of thiophene rings is 1. The number of hydrogen-bond acceptors (Lipinski definition) is 5. The minimum Gasteiger partial charge on any atom is -0.465 e. The first-order valence-electron chi connectivity index (χ1n) is 8.31. The normalized spacial score (nSPS) is 14.4. The van der Waals surface area contributed by atoms with Crippen molar-refractivity contribution in [1.82, 2.24) is 10.3 Å². The van der Waals surface area contributed by atoms with E-state index in [0.717, 1.165) is 37.2 Å². The minimum atomic E-state index is -0.334. The fourth-order valence-corrected chi connectivity index (χ4v) is 3.26. The molecule has 1 aliphatic carbocycles. The van der Waals surface area contributed by atoms with Crippen LogP contribution in [-0.2, 0) is 17.7 Å². The van der Waals surface area contributed by atoms with Crippen LogP contribution in [0.25, 0.3) is 0 Å². The largest absolute Gasteiger partial charge is 0.465 e. The number of methoxy groups -OCH3 is 1. The van der Waals surface area contributed by atoms with E-state index in [9.17, 15) is 4.79 Å². The zero-order valence-electron chi connectivity index (χ0n) is 14.2. The van der Waals surface area contributed by atoms with Crippen LogP contribution in [-0.4, -0.2) is 30.6 Å². The number of ether oxygens (including phenoxy) is 1. The van der Waals surface area contributed by atoms with Gasteiger partial charge in [0, 0.05) is 17.3 Å². The maximum atomic E-state index is 11.8. The van der Waals surface area contributed by atoms with Crippen LogP contribution in [0.1, 0.15) is 45.4 Å². The summed E-state index contributed by atoms with van der Waals surface area (Å²) in [5, 5.41) is 5.18. The average molecular weight is 358 g/mol. The predicted octanol–water partition coefficient (Wildman–Crippen LogP) is 2.45. The Morgan fingerprint density at radius 2 is 2.28 bits per heavy atom. The number of rotatable bonds is 7. The molecule has 1 aliphatic rings. The number of carbonyl (C=O) groups excluding carboxylic acids is 1. The van der Waals surface area contributed by atoms with Gasteiger partial charge in [-0.1, -0.05) is 6.07 Å². The summed E-state index contributed by atoms with van der Waals surface area (Å²) in [6.45, 7) is 1.14. The molecule has 7 heteroatoms. The highest BCUT2D eigenvalue weighted by atomic mass is 32.1. The van der Waals surface area contributed by atoms with E-state index >= 15 is 0 Å². The van der Waals surface area contributed by atoms with E-state index in [1.54, 1.807) is 23.5 Å². The summed E-state index contributed by atoms with van der Waals surface area (Å²) in [5.41, 5.74) is 8.09. The monoisotopic (exact) mass is 358 g/mol. The molecule has 0 amide bonds. The molecule has 0 aromatic carbocycles. The van der Waals surface area contributed by atoms with Gasteiger partial charge in [-0.3, -0.25) is 4.98 Å². The van der Waals surface area contributed by atoms with Gasteiger partial charge in [0.2, 0.25) is 0 Å². The lowest BCUT2D eigenvalue weighted by Gasteiger charge is -2.08. The SMILES string of the molecule is COC(=O)c1ccc(CN=C(N)NCCc2cccs2)nc1C1CC1. The second kappa shape index (κ2) is 8.11. The van der Waals surface area contributed by atoms with Gasteiger partial charge in [-0.25, -0.2) is 9.79 Å². The third-order valence-corrected chi connectivity index (χ3v) is 4.96. The van der Waals surface area contributed by atoms with Gasteiger partial charge in [-0.2, -0.15) is 0 Å². The molecule has 2 aromatic rings. The van der Waals surface area contributed by atoms with E-state index in [-0.39, 0.29) is 5.97 Å². The molecule has 25 heavy (non-hydrogen) atoms. The van der Waals surface area contributed by atoms with Crippen molar-refractivity contribution in [3.05, 3.63) is 51.5 Å². The van der Waals surface area contributed by atoms with Crippen molar-refractivity contribution in [1.29, 1.82) is 0 Å². The van der Waals surface area contributed by atoms with Crippen LogP contribution in [0.2, 0.25) is 0 Å². The molecule has 0 aliphatic heterocycles. The summed E-state index contributed by atoms with van der Waals surface area (Å²) in [6, 6.07) is 7.72. The number of hydrogen-bond donors (Lipinski definition) is 2. The summed E-state index contributed by atoms with van der Waals surface area (Å²) >= 11 is 1.73. The summed E-state index contributed by atoms with van der Waals surface area (Å²) in [6.07, 6.45) is 3.05. The topological polar surface area (TPSA) is 89.6 Å². The minimum absolute atomic E-state index is 0.334. The van der Waals surface area contributed by atoms with Crippen LogP contribution in [0.3, 0.4) is 0 Å². The molecule has 0 spiro atoms. The van der Waals surface area contributed by atoms with E-state index in [1.807, 2.05) is 6.07 Å². The Balaban J connectivity index is 1.58. The van der Waals surface area contributed by atoms with Crippen molar-refractivity contribution in [2.24, 2.45) is 10.7 Å². The number of esters is 1. The third kappa shape index (κ3) is 4.79. The van der Waals surface area contributed by atoms with Crippen molar-refractivity contribution in [3.8, 4) is 0 Å². The van der Waals surface area contributed by atoms with Gasteiger partial charge in [0.05, 0.1) is 30.6 Å². The number of nitrogens with zero attached hydrogens (tertiary/aromatic N) is 2. The van der Waals surface area contributed by atoms with Crippen molar-refractivity contribution in [3.63, 3.8) is 0 Å². The standard InChI is InChI=1S/C18H22N4O2S/c1-24-17(23)15-7-6-13(22-16(15)12-4-5-12)11-21-18(19)20-9-8-14-3-2-10-25-14/h2-3,6-7,10,12H,4-5,8-9,11H2,1H3,(H3,19,20,21). The van der Waals surface area contributed by atoms with E-state index in [2.05, 4.69) is 26.7 Å². The Kier molecular flexibility index (Phi) is 5.65. The predicted molar refractivity (Wildman–Crippen MR) is 98.9 cm³/mol. The molecule has 1 saturated carbocycles. The Hall–Kier alpha value is -2.41. The highest BCUT2D eigenvalue weighted by Gasteiger charge is 2.30. The summed E-state index contributed by atoms with van der Waals surface area (Å²) in [5.74, 6) is 0.432. The molecule has 0 saturated heterocycles. The number of carbonyl (C=O) groups is 1. The average Bonchev–Trinajstić information content (AvgIpc) is 3.35. The van der Waals surface area contributed by atoms with E-state index < -0.39 is 0 Å². The van der Waals surface area contributed by atoms with Gasteiger partial charge in [-0.15, -0.1) is 11.3 Å². The van der Waals surface area contributed by atoms with Crippen molar-refractivity contribution in [2.45, 2.75) is 31.7 Å². The van der Waals surface area contributed by atoms with Gasteiger partial charge >= 0.3 is 5.97 Å². The van der Waals surface area contributed by atoms with Gasteiger partial charge in [-0.05, 0) is 42.8 Å². The highest BCUT2D eigenvalue weighted by Crippen LogP contribution is 2.40. The molecule has 1 fully saturated rings. The molecule has 0 unspecified atom stereocenters. The van der Waals surface area contributed by atoms with Gasteiger partial charge in [0.25, 0.3) is 0 Å². The van der Waals surface area contributed by atoms with Crippen LogP contribution < -0.4 is 11.1 Å². The third-order valence-electron chi connectivity index (χ3n) is 4.02. The highest BCUT2D eigenvalue weighted by molar-refractivity contribution is 7.09. The number of guanidine groups is 1. The Bertz CT molecular complexity index is 754. The number of pyridine rings is 1. The first-order valence-corrected chi connectivity index (χ1v) is 9.19. The lowest BCUT2D eigenvalue weighted by atomic mass is 10.1. The van der Waals surface area contributed by atoms with Crippen molar-refractivity contribution in [2.75, 3.05) is 13.7 Å². The molecule has 0 atom stereocenters. The Morgan fingerprint density at radius 1 is 1.44 bits per heavy atom. The number of nitrogens with one attached hydrogen (secondary N) is 1. The summed E-state index contributed by atoms with van der Waals surface area (Å²) in [7, 11) is 1.39. The summed E-state index contributed by atoms with van der Waals surface area (Å²) < 4.78 is 4.83. The maximum Gasteiger partial charge on any atom is 0.339 e. The van der Waals surface area contributed by atoms with Gasteiger partial charge in [0.1, 0.15) is 0 Å². The first kappa shape index (κ1) is 17.4. The fourth-order valence-electron chi connectivity index (χ4n) is 2.55. The zero-order valence-corrected chi connectivity index (χ0v) is 15.0. The van der Waals surface area contributed by atoms with Gasteiger partial charge in [0.15, 0.2) is 5.96 Å². The number of nitrogens with two attached hydrogens (primary N) is 1. The van der Waals surface area contributed by atoms with Crippen LogP contribution in [0, 0.1) is 0 Å². The quantitative estimate of drug-likeness (QED) is 0.451. The second-order valence-electron chi connectivity index (χ2n) is 5.96. The Labute approximate surface area is 151 Å². The molecule has 2 heterocycles. The zero-order chi connectivity index (χ0) is 17.6. The molecule has 2 aromatic heterocycles. The molecule has 6 nitrogen and oxygen atoms in total. The van der Waals surface area contributed by atoms with E-state index in [1.165, 1.54) is 12.0 Å². The van der Waals surface area contributed by atoms with Crippen LogP contribution in [0.4, 0.5) is 0 Å². The molecule has 132 valence electrons. The fraction of sp³-hybridized carbons (Fsp3) is 0.389. The number of aromatic nitrogens is 1. The molecular weight excluding hydrogens is 336 g/mol. The van der Waals surface area contributed by atoms with Crippen LogP contribution >= 0.6 is 11.3 Å². The Morgan fingerprint density at radius 3 is 2.96 bits per heavy atom. The van der Waals surface area contributed by atoms with E-state index in [4.69, 9.17) is 10.5 Å². The lowest BCUT2D eigenvalue weighted by Crippen LogP contribution is -2.33. The van der Waals surface area contributed by atoms with Gasteiger partial charge < -0.3 is 15.8 Å². The molecular formula is C18H22N4O2S. The molecule has 3 N–H and O–H groups in total. The molecule has 0 bridgehead atoms. The molecule has 3 rings (SSSR count). The lowest BCUT2D eigenvalue weighted by molar-refractivity contribution is 0.0598.